The number of ketones is 1. The lowest BCUT2D eigenvalue weighted by Gasteiger charge is -2.32. The van der Waals surface area contributed by atoms with Crippen LogP contribution in [0.25, 0.3) is 0 Å². The molecule has 0 unspecified atom stereocenters. The first kappa shape index (κ1) is 14.6. The number of hydrogen-bond acceptors (Lipinski definition) is 4. The van der Waals surface area contributed by atoms with Crippen LogP contribution in [0.5, 0.6) is 0 Å². The minimum absolute atomic E-state index is 0.0508. The summed E-state index contributed by atoms with van der Waals surface area (Å²) in [6.45, 7) is 2.91. The van der Waals surface area contributed by atoms with Crippen molar-refractivity contribution in [2.75, 3.05) is 19.7 Å². The molecule has 1 fully saturated rings. The lowest BCUT2D eigenvalue weighted by molar-refractivity contribution is -0.0324. The Morgan fingerprint density at radius 3 is 2.82 bits per heavy atom. The SMILES string of the molecule is CC(=O)c1cc(C(=O)N2CCO[C@@H](c3ccco3)C2)n(C)c1. The maximum atomic E-state index is 12.7. The van der Waals surface area contributed by atoms with Gasteiger partial charge < -0.3 is 18.6 Å². The van der Waals surface area contributed by atoms with Crippen LogP contribution in [0.1, 0.15) is 39.6 Å². The van der Waals surface area contributed by atoms with E-state index in [0.29, 0.717) is 36.7 Å². The van der Waals surface area contributed by atoms with Gasteiger partial charge in [0.15, 0.2) is 5.78 Å². The number of rotatable bonds is 3. The second kappa shape index (κ2) is 5.81. The first-order valence-electron chi connectivity index (χ1n) is 7.18. The van der Waals surface area contributed by atoms with Gasteiger partial charge in [-0.05, 0) is 25.1 Å². The molecule has 0 N–H and O–H groups in total. The van der Waals surface area contributed by atoms with Gasteiger partial charge in [0.2, 0.25) is 0 Å². The van der Waals surface area contributed by atoms with Crippen molar-refractivity contribution >= 4 is 11.7 Å². The number of aromatic nitrogens is 1. The Balaban J connectivity index is 1.78. The number of amides is 1. The summed E-state index contributed by atoms with van der Waals surface area (Å²) < 4.78 is 12.7. The fourth-order valence-electron chi connectivity index (χ4n) is 2.61. The molecule has 6 heteroatoms. The molecule has 0 spiro atoms. The Morgan fingerprint density at radius 2 is 2.18 bits per heavy atom. The molecule has 1 atom stereocenters. The van der Waals surface area contributed by atoms with Gasteiger partial charge in [-0.25, -0.2) is 0 Å². The Hall–Kier alpha value is -2.34. The van der Waals surface area contributed by atoms with Crippen LogP contribution in [-0.2, 0) is 11.8 Å². The van der Waals surface area contributed by atoms with Crippen molar-refractivity contribution in [1.82, 2.24) is 9.47 Å². The van der Waals surface area contributed by atoms with E-state index < -0.39 is 0 Å². The van der Waals surface area contributed by atoms with Crippen LogP contribution >= 0.6 is 0 Å². The molecule has 0 radical (unpaired) electrons. The topological polar surface area (TPSA) is 64.7 Å². The fourth-order valence-corrected chi connectivity index (χ4v) is 2.61. The molecular formula is C16H18N2O4. The van der Waals surface area contributed by atoms with Gasteiger partial charge in [-0.15, -0.1) is 0 Å². The molecule has 3 rings (SSSR count). The molecular weight excluding hydrogens is 284 g/mol. The summed E-state index contributed by atoms with van der Waals surface area (Å²) in [6, 6.07) is 5.28. The van der Waals surface area contributed by atoms with E-state index in [2.05, 4.69) is 0 Å². The molecule has 1 saturated heterocycles. The van der Waals surface area contributed by atoms with E-state index in [9.17, 15) is 9.59 Å². The average molecular weight is 302 g/mol. The summed E-state index contributed by atoms with van der Waals surface area (Å²) in [5, 5.41) is 0. The third-order valence-electron chi connectivity index (χ3n) is 3.84. The van der Waals surface area contributed by atoms with Gasteiger partial charge in [0.1, 0.15) is 17.6 Å². The van der Waals surface area contributed by atoms with Gasteiger partial charge >= 0.3 is 0 Å². The number of carbonyl (C=O) groups excluding carboxylic acids is 2. The summed E-state index contributed by atoms with van der Waals surface area (Å²) in [4.78, 5) is 25.9. The zero-order valence-corrected chi connectivity index (χ0v) is 12.6. The van der Waals surface area contributed by atoms with Crippen LogP contribution in [0.3, 0.4) is 0 Å². The van der Waals surface area contributed by atoms with Crippen LogP contribution in [0, 0.1) is 0 Å². The molecule has 0 aromatic carbocycles. The van der Waals surface area contributed by atoms with E-state index in [0.717, 1.165) is 0 Å². The first-order valence-corrected chi connectivity index (χ1v) is 7.18. The maximum Gasteiger partial charge on any atom is 0.270 e. The van der Waals surface area contributed by atoms with Crippen molar-refractivity contribution in [2.24, 2.45) is 7.05 Å². The molecule has 3 heterocycles. The summed E-state index contributed by atoms with van der Waals surface area (Å²) in [5.74, 6) is 0.564. The van der Waals surface area contributed by atoms with E-state index in [-0.39, 0.29) is 17.8 Å². The van der Waals surface area contributed by atoms with Crippen LogP contribution in [-0.4, -0.2) is 40.9 Å². The summed E-state index contributed by atoms with van der Waals surface area (Å²) in [5.41, 5.74) is 1.05. The van der Waals surface area contributed by atoms with Crippen molar-refractivity contribution in [2.45, 2.75) is 13.0 Å². The van der Waals surface area contributed by atoms with Crippen LogP contribution in [0.2, 0.25) is 0 Å². The van der Waals surface area contributed by atoms with Gasteiger partial charge in [0.05, 0.1) is 19.4 Å². The van der Waals surface area contributed by atoms with Crippen molar-refractivity contribution in [1.29, 1.82) is 0 Å². The first-order chi connectivity index (χ1) is 10.6. The molecule has 0 saturated carbocycles. The molecule has 1 aliphatic rings. The van der Waals surface area contributed by atoms with E-state index in [1.165, 1.54) is 6.92 Å². The number of morpholine rings is 1. The standard InChI is InChI=1S/C16H18N2O4/c1-11(19)12-8-13(17(2)9-12)16(20)18-5-7-22-15(10-18)14-4-3-6-21-14/h3-4,6,8-9,15H,5,7,10H2,1-2H3/t15-/m1/s1. The van der Waals surface area contributed by atoms with E-state index in [4.69, 9.17) is 9.15 Å². The molecule has 1 amide bonds. The number of nitrogens with zero attached hydrogens (tertiary/aromatic N) is 2. The summed E-state index contributed by atoms with van der Waals surface area (Å²) in [6.07, 6.45) is 3.02. The van der Waals surface area contributed by atoms with Gasteiger partial charge in [-0.2, -0.15) is 0 Å². The molecule has 1 aliphatic heterocycles. The van der Waals surface area contributed by atoms with Gasteiger partial charge in [-0.3, -0.25) is 9.59 Å². The maximum absolute atomic E-state index is 12.7. The highest BCUT2D eigenvalue weighted by Crippen LogP contribution is 2.24. The number of ether oxygens (including phenoxy) is 1. The lowest BCUT2D eigenvalue weighted by atomic mass is 10.2. The van der Waals surface area contributed by atoms with Crippen molar-refractivity contribution in [3.63, 3.8) is 0 Å². The Labute approximate surface area is 128 Å². The molecule has 2 aromatic heterocycles. The molecule has 6 nitrogen and oxygen atoms in total. The van der Waals surface area contributed by atoms with Gasteiger partial charge in [0, 0.05) is 25.4 Å². The highest BCUT2D eigenvalue weighted by atomic mass is 16.5. The predicted octanol–water partition coefficient (Wildman–Crippen LogP) is 2.03. The van der Waals surface area contributed by atoms with Crippen LogP contribution < -0.4 is 0 Å². The monoisotopic (exact) mass is 302 g/mol. The number of Topliss-reactive ketones (excluding diaryl/α,β-unsaturated/α-hetero) is 1. The highest BCUT2D eigenvalue weighted by Gasteiger charge is 2.29. The minimum Gasteiger partial charge on any atom is -0.467 e. The normalized spacial score (nSPS) is 18.5. The molecule has 2 aromatic rings. The zero-order valence-electron chi connectivity index (χ0n) is 12.6. The highest BCUT2D eigenvalue weighted by molar-refractivity contribution is 5.99. The zero-order chi connectivity index (χ0) is 15.7. The Kier molecular flexibility index (Phi) is 3.85. The number of carbonyl (C=O) groups is 2. The van der Waals surface area contributed by atoms with Crippen LogP contribution in [0.4, 0.5) is 0 Å². The average Bonchev–Trinajstić information content (AvgIpc) is 3.16. The summed E-state index contributed by atoms with van der Waals surface area (Å²) in [7, 11) is 1.77. The van der Waals surface area contributed by atoms with Gasteiger partial charge in [0.25, 0.3) is 5.91 Å². The van der Waals surface area contributed by atoms with Crippen molar-refractivity contribution in [3.8, 4) is 0 Å². The quantitative estimate of drug-likeness (QED) is 0.814. The molecule has 22 heavy (non-hydrogen) atoms. The Morgan fingerprint density at radius 1 is 1.36 bits per heavy atom. The molecule has 0 aliphatic carbocycles. The van der Waals surface area contributed by atoms with E-state index in [1.807, 2.05) is 6.07 Å². The van der Waals surface area contributed by atoms with E-state index in [1.54, 1.807) is 41.1 Å². The number of aryl methyl sites for hydroxylation is 1. The fraction of sp³-hybridized carbons (Fsp3) is 0.375. The minimum atomic E-state index is -0.250. The van der Waals surface area contributed by atoms with E-state index >= 15 is 0 Å². The van der Waals surface area contributed by atoms with Crippen molar-refractivity contribution in [3.05, 3.63) is 47.7 Å². The third kappa shape index (κ3) is 2.69. The Bertz CT molecular complexity index is 687. The van der Waals surface area contributed by atoms with Crippen molar-refractivity contribution < 1.29 is 18.7 Å². The lowest BCUT2D eigenvalue weighted by Crippen LogP contribution is -2.42. The molecule has 116 valence electrons. The smallest absolute Gasteiger partial charge is 0.270 e. The summed E-state index contributed by atoms with van der Waals surface area (Å²) >= 11 is 0. The van der Waals surface area contributed by atoms with Crippen LogP contribution in [0.15, 0.2) is 35.1 Å². The second-order valence-corrected chi connectivity index (χ2v) is 5.41. The molecule has 0 bridgehead atoms. The largest absolute Gasteiger partial charge is 0.467 e. The third-order valence-corrected chi connectivity index (χ3v) is 3.84. The number of hydrogen-bond donors (Lipinski definition) is 0. The second-order valence-electron chi connectivity index (χ2n) is 5.41. The predicted molar refractivity (Wildman–Crippen MR) is 78.7 cm³/mol. The van der Waals surface area contributed by atoms with Gasteiger partial charge in [-0.1, -0.05) is 0 Å². The number of furan rings is 1.